The van der Waals surface area contributed by atoms with Crippen LogP contribution in [-0.4, -0.2) is 30.9 Å². The molecule has 0 unspecified atom stereocenters. The Morgan fingerprint density at radius 1 is 0.811 bits per heavy atom. The monoisotopic (exact) mass is 556 g/mol. The average molecular weight is 557 g/mol. The summed E-state index contributed by atoms with van der Waals surface area (Å²) in [6, 6.07) is 21.3. The van der Waals surface area contributed by atoms with Gasteiger partial charge in [0.05, 0.1) is 37.9 Å². The van der Waals surface area contributed by atoms with Crippen molar-refractivity contribution in [2.45, 2.75) is 6.92 Å². The number of aromatic nitrogens is 2. The van der Waals surface area contributed by atoms with Crippen molar-refractivity contribution in [1.82, 2.24) is 9.55 Å². The predicted molar refractivity (Wildman–Crippen MR) is 152 cm³/mol. The van der Waals surface area contributed by atoms with E-state index in [2.05, 4.69) is 15.9 Å². The molecule has 5 rings (SSSR count). The van der Waals surface area contributed by atoms with E-state index in [9.17, 15) is 4.79 Å². The van der Waals surface area contributed by atoms with Crippen LogP contribution in [0.1, 0.15) is 17.0 Å². The second-order valence-electron chi connectivity index (χ2n) is 8.56. The quantitative estimate of drug-likeness (QED) is 0.215. The lowest BCUT2D eigenvalue weighted by Crippen LogP contribution is -2.22. The number of aryl methyl sites for hydroxylation is 1. The number of benzene rings is 4. The zero-order valence-corrected chi connectivity index (χ0v) is 22.5. The molecule has 0 amide bonds. The molecule has 0 atom stereocenters. The van der Waals surface area contributed by atoms with Crippen LogP contribution in [0.4, 0.5) is 0 Å². The molecule has 4 aromatic carbocycles. The molecule has 0 bridgehead atoms. The van der Waals surface area contributed by atoms with Gasteiger partial charge in [0.25, 0.3) is 5.56 Å². The van der Waals surface area contributed by atoms with Crippen molar-refractivity contribution >= 4 is 49.8 Å². The molecule has 6 nitrogen and oxygen atoms in total. The van der Waals surface area contributed by atoms with Crippen LogP contribution >= 0.6 is 15.9 Å². The summed E-state index contributed by atoms with van der Waals surface area (Å²) >= 11 is 3.65. The fourth-order valence-corrected chi connectivity index (χ4v) is 5.05. The van der Waals surface area contributed by atoms with Gasteiger partial charge in [-0.3, -0.25) is 9.36 Å². The SMILES string of the molecule is COc1cc(OC)c(OC)cc1C=Cc1nc2cc3ccccc3cc2c(=O)n1-c1ccc(C)cc1Br. The third-order valence-corrected chi connectivity index (χ3v) is 6.89. The zero-order valence-electron chi connectivity index (χ0n) is 20.9. The summed E-state index contributed by atoms with van der Waals surface area (Å²) < 4.78 is 18.9. The molecule has 0 spiro atoms. The molecule has 0 aliphatic heterocycles. The molecule has 1 aromatic heterocycles. The van der Waals surface area contributed by atoms with Gasteiger partial charge < -0.3 is 14.2 Å². The van der Waals surface area contributed by atoms with Crippen molar-refractivity contribution in [2.75, 3.05) is 21.3 Å². The molecule has 5 aromatic rings. The van der Waals surface area contributed by atoms with Gasteiger partial charge in [0.1, 0.15) is 11.6 Å². The van der Waals surface area contributed by atoms with Crippen LogP contribution in [0.5, 0.6) is 17.2 Å². The van der Waals surface area contributed by atoms with Crippen LogP contribution in [0.15, 0.2) is 76.0 Å². The maximum Gasteiger partial charge on any atom is 0.266 e. The second kappa shape index (κ2) is 10.1. The smallest absolute Gasteiger partial charge is 0.266 e. The fourth-order valence-electron chi connectivity index (χ4n) is 4.38. The summed E-state index contributed by atoms with van der Waals surface area (Å²) in [5.74, 6) is 2.22. The van der Waals surface area contributed by atoms with E-state index in [1.165, 1.54) is 0 Å². The van der Waals surface area contributed by atoms with Crippen molar-refractivity contribution < 1.29 is 14.2 Å². The molecular formula is C30H25BrN2O4. The maximum absolute atomic E-state index is 14.0. The molecule has 0 N–H and O–H groups in total. The van der Waals surface area contributed by atoms with Gasteiger partial charge in [-0.1, -0.05) is 30.3 Å². The van der Waals surface area contributed by atoms with E-state index in [0.717, 1.165) is 26.4 Å². The van der Waals surface area contributed by atoms with Crippen molar-refractivity contribution in [1.29, 1.82) is 0 Å². The van der Waals surface area contributed by atoms with E-state index in [1.54, 1.807) is 32.0 Å². The van der Waals surface area contributed by atoms with Crippen LogP contribution in [0.2, 0.25) is 0 Å². The Balaban J connectivity index is 1.78. The number of hydrogen-bond donors (Lipinski definition) is 0. The number of methoxy groups -OCH3 is 3. The van der Waals surface area contributed by atoms with Crippen molar-refractivity contribution in [3.05, 3.63) is 98.5 Å². The number of fused-ring (bicyclic) bond motifs is 2. The van der Waals surface area contributed by atoms with Crippen LogP contribution < -0.4 is 19.8 Å². The van der Waals surface area contributed by atoms with Gasteiger partial charge in [-0.25, -0.2) is 4.98 Å². The molecule has 0 fully saturated rings. The first-order chi connectivity index (χ1) is 17.9. The molecule has 186 valence electrons. The topological polar surface area (TPSA) is 62.6 Å². The Morgan fingerprint density at radius 2 is 1.49 bits per heavy atom. The van der Waals surface area contributed by atoms with Gasteiger partial charge in [-0.15, -0.1) is 0 Å². The minimum atomic E-state index is -0.153. The van der Waals surface area contributed by atoms with Gasteiger partial charge >= 0.3 is 0 Å². The second-order valence-corrected chi connectivity index (χ2v) is 9.42. The summed E-state index contributed by atoms with van der Waals surface area (Å²) in [5.41, 5.74) is 3.01. The highest BCUT2D eigenvalue weighted by Gasteiger charge is 2.16. The Morgan fingerprint density at radius 3 is 2.16 bits per heavy atom. The Labute approximate surface area is 222 Å². The maximum atomic E-state index is 14.0. The van der Waals surface area contributed by atoms with Crippen LogP contribution in [0.25, 0.3) is 39.5 Å². The Bertz CT molecular complexity index is 1740. The third kappa shape index (κ3) is 4.58. The van der Waals surface area contributed by atoms with Crippen LogP contribution in [-0.2, 0) is 0 Å². The number of nitrogens with zero attached hydrogens (tertiary/aromatic N) is 2. The van der Waals surface area contributed by atoms with E-state index in [-0.39, 0.29) is 5.56 Å². The van der Waals surface area contributed by atoms with E-state index >= 15 is 0 Å². The summed E-state index contributed by atoms with van der Waals surface area (Å²) in [6.07, 6.45) is 3.67. The zero-order chi connectivity index (χ0) is 26.1. The van der Waals surface area contributed by atoms with E-state index in [4.69, 9.17) is 19.2 Å². The lowest BCUT2D eigenvalue weighted by atomic mass is 10.1. The first-order valence-electron chi connectivity index (χ1n) is 11.6. The fraction of sp³-hybridized carbons (Fsp3) is 0.133. The van der Waals surface area contributed by atoms with Crippen molar-refractivity contribution in [2.24, 2.45) is 0 Å². The van der Waals surface area contributed by atoms with Crippen molar-refractivity contribution in [3.63, 3.8) is 0 Å². The summed E-state index contributed by atoms with van der Waals surface area (Å²) in [6.45, 7) is 2.01. The van der Waals surface area contributed by atoms with Crippen molar-refractivity contribution in [3.8, 4) is 22.9 Å². The lowest BCUT2D eigenvalue weighted by molar-refractivity contribution is 0.348. The van der Waals surface area contributed by atoms with Crippen LogP contribution in [0, 0.1) is 6.92 Å². The minimum absolute atomic E-state index is 0.153. The standard InChI is InChI=1S/C30H25BrN2O4/c1-18-9-11-25(23(31)13-18)33-29(12-10-21-16-27(36-3)28(37-4)17-26(21)35-2)32-24-15-20-8-6-5-7-19(20)14-22(24)30(33)34/h5-17H,1-4H3. The Kier molecular flexibility index (Phi) is 6.72. The van der Waals surface area contributed by atoms with E-state index in [0.29, 0.717) is 39.7 Å². The summed E-state index contributed by atoms with van der Waals surface area (Å²) in [7, 11) is 4.75. The molecular weight excluding hydrogens is 532 g/mol. The largest absolute Gasteiger partial charge is 0.496 e. The highest BCUT2D eigenvalue weighted by molar-refractivity contribution is 9.10. The highest BCUT2D eigenvalue weighted by atomic mass is 79.9. The van der Waals surface area contributed by atoms with Gasteiger partial charge in [0, 0.05) is 16.1 Å². The third-order valence-electron chi connectivity index (χ3n) is 6.25. The van der Waals surface area contributed by atoms with E-state index < -0.39 is 0 Å². The number of rotatable bonds is 6. The predicted octanol–water partition coefficient (Wildman–Crippen LogP) is 6.81. The molecule has 0 aliphatic rings. The van der Waals surface area contributed by atoms with Gasteiger partial charge in [0.2, 0.25) is 0 Å². The average Bonchev–Trinajstić information content (AvgIpc) is 2.91. The van der Waals surface area contributed by atoms with Crippen LogP contribution in [0.3, 0.4) is 0 Å². The molecule has 7 heteroatoms. The lowest BCUT2D eigenvalue weighted by Gasteiger charge is -2.15. The molecule has 0 aliphatic carbocycles. The first-order valence-corrected chi connectivity index (χ1v) is 12.4. The first kappa shape index (κ1) is 24.6. The molecule has 0 radical (unpaired) electrons. The number of halogens is 1. The summed E-state index contributed by atoms with van der Waals surface area (Å²) in [4.78, 5) is 18.9. The van der Waals surface area contributed by atoms with Gasteiger partial charge in [-0.2, -0.15) is 0 Å². The molecule has 0 saturated carbocycles. The molecule has 37 heavy (non-hydrogen) atoms. The van der Waals surface area contributed by atoms with E-state index in [1.807, 2.05) is 79.7 Å². The minimum Gasteiger partial charge on any atom is -0.496 e. The molecule has 0 saturated heterocycles. The highest BCUT2D eigenvalue weighted by Crippen LogP contribution is 2.35. The van der Waals surface area contributed by atoms with Gasteiger partial charge in [0.15, 0.2) is 11.5 Å². The van der Waals surface area contributed by atoms with Gasteiger partial charge in [-0.05, 0) is 81.7 Å². The number of ether oxygens (including phenoxy) is 3. The normalized spacial score (nSPS) is 11.4. The molecule has 1 heterocycles. The summed E-state index contributed by atoms with van der Waals surface area (Å²) in [5, 5.41) is 2.56. The number of hydrogen-bond acceptors (Lipinski definition) is 5. The Hall–Kier alpha value is -4.10.